The highest BCUT2D eigenvalue weighted by atomic mass is 16.5. The first-order valence-corrected chi connectivity index (χ1v) is 6.09. The third-order valence-electron chi connectivity index (χ3n) is 2.61. The SMILES string of the molecule is CC(=O)OCC(=O)NCC(c1ccco1)n1cccn1. The number of aromatic nitrogens is 2. The van der Waals surface area contributed by atoms with Gasteiger partial charge in [0.25, 0.3) is 5.91 Å². The van der Waals surface area contributed by atoms with Crippen molar-refractivity contribution in [2.24, 2.45) is 0 Å². The smallest absolute Gasteiger partial charge is 0.303 e. The first-order chi connectivity index (χ1) is 9.66. The average molecular weight is 277 g/mol. The number of esters is 1. The molecule has 0 aliphatic rings. The lowest BCUT2D eigenvalue weighted by Crippen LogP contribution is -2.34. The van der Waals surface area contributed by atoms with E-state index in [-0.39, 0.29) is 25.1 Å². The van der Waals surface area contributed by atoms with Gasteiger partial charge in [0.15, 0.2) is 6.61 Å². The van der Waals surface area contributed by atoms with Gasteiger partial charge < -0.3 is 14.5 Å². The molecule has 0 saturated heterocycles. The van der Waals surface area contributed by atoms with Crippen molar-refractivity contribution in [1.29, 1.82) is 0 Å². The van der Waals surface area contributed by atoms with Crippen LogP contribution < -0.4 is 5.32 Å². The fourth-order valence-electron chi connectivity index (χ4n) is 1.70. The molecule has 0 aliphatic heterocycles. The summed E-state index contributed by atoms with van der Waals surface area (Å²) in [6.07, 6.45) is 4.99. The van der Waals surface area contributed by atoms with E-state index in [2.05, 4.69) is 15.2 Å². The van der Waals surface area contributed by atoms with Crippen LogP contribution in [0.4, 0.5) is 0 Å². The van der Waals surface area contributed by atoms with Gasteiger partial charge in [0.05, 0.1) is 6.26 Å². The van der Waals surface area contributed by atoms with Gasteiger partial charge in [-0.3, -0.25) is 14.3 Å². The lowest BCUT2D eigenvalue weighted by Gasteiger charge is -2.16. The summed E-state index contributed by atoms with van der Waals surface area (Å²) in [7, 11) is 0. The minimum Gasteiger partial charge on any atom is -0.467 e. The maximum absolute atomic E-state index is 11.5. The Morgan fingerprint density at radius 2 is 2.35 bits per heavy atom. The number of rotatable bonds is 6. The maximum Gasteiger partial charge on any atom is 0.303 e. The fourth-order valence-corrected chi connectivity index (χ4v) is 1.70. The van der Waals surface area contributed by atoms with E-state index in [1.165, 1.54) is 6.92 Å². The molecule has 1 unspecified atom stereocenters. The zero-order valence-electron chi connectivity index (χ0n) is 11.0. The molecule has 0 fully saturated rings. The van der Waals surface area contributed by atoms with Crippen molar-refractivity contribution in [2.45, 2.75) is 13.0 Å². The minimum atomic E-state index is -0.491. The molecule has 0 bridgehead atoms. The summed E-state index contributed by atoms with van der Waals surface area (Å²) in [5.74, 6) is -0.180. The normalized spacial score (nSPS) is 11.8. The van der Waals surface area contributed by atoms with Crippen LogP contribution in [0.1, 0.15) is 18.7 Å². The van der Waals surface area contributed by atoms with Crippen molar-refractivity contribution >= 4 is 11.9 Å². The number of ether oxygens (including phenoxy) is 1. The number of nitrogens with zero attached hydrogens (tertiary/aromatic N) is 2. The van der Waals surface area contributed by atoms with Crippen LogP contribution in [0.5, 0.6) is 0 Å². The standard InChI is InChI=1S/C13H15N3O4/c1-10(17)20-9-13(18)14-8-11(12-4-2-7-19-12)16-6-3-5-15-16/h2-7,11H,8-9H2,1H3,(H,14,18). The van der Waals surface area contributed by atoms with Gasteiger partial charge in [0, 0.05) is 25.9 Å². The third-order valence-corrected chi connectivity index (χ3v) is 2.61. The highest BCUT2D eigenvalue weighted by Gasteiger charge is 2.18. The first kappa shape index (κ1) is 13.9. The van der Waals surface area contributed by atoms with Crippen LogP contribution in [0, 0.1) is 0 Å². The molecule has 7 heteroatoms. The molecular weight excluding hydrogens is 262 g/mol. The first-order valence-electron chi connectivity index (χ1n) is 6.09. The van der Waals surface area contributed by atoms with Crippen LogP contribution in [0.25, 0.3) is 0 Å². The second-order valence-electron chi connectivity index (χ2n) is 4.10. The number of hydrogen-bond donors (Lipinski definition) is 1. The van der Waals surface area contributed by atoms with Crippen LogP contribution in [-0.2, 0) is 14.3 Å². The molecule has 2 aromatic heterocycles. The van der Waals surface area contributed by atoms with Crippen molar-refractivity contribution in [3.63, 3.8) is 0 Å². The molecule has 0 spiro atoms. The van der Waals surface area contributed by atoms with E-state index in [9.17, 15) is 9.59 Å². The molecule has 1 N–H and O–H groups in total. The lowest BCUT2D eigenvalue weighted by atomic mass is 10.2. The van der Waals surface area contributed by atoms with E-state index >= 15 is 0 Å². The highest BCUT2D eigenvalue weighted by molar-refractivity contribution is 5.79. The molecule has 7 nitrogen and oxygen atoms in total. The summed E-state index contributed by atoms with van der Waals surface area (Å²) in [5, 5.41) is 6.82. The predicted octanol–water partition coefficient (Wildman–Crippen LogP) is 0.745. The quantitative estimate of drug-likeness (QED) is 0.787. The van der Waals surface area contributed by atoms with Gasteiger partial charge >= 0.3 is 5.97 Å². The molecule has 1 amide bonds. The molecule has 20 heavy (non-hydrogen) atoms. The number of furan rings is 1. The number of hydrogen-bond acceptors (Lipinski definition) is 5. The van der Waals surface area contributed by atoms with Crippen molar-refractivity contribution in [3.05, 3.63) is 42.6 Å². The van der Waals surface area contributed by atoms with Gasteiger partial charge in [-0.05, 0) is 18.2 Å². The molecule has 0 aliphatic carbocycles. The summed E-state index contributed by atoms with van der Waals surface area (Å²) in [5.41, 5.74) is 0. The van der Waals surface area contributed by atoms with Crippen LogP contribution in [0.3, 0.4) is 0 Å². The molecule has 2 aromatic rings. The fraction of sp³-hybridized carbons (Fsp3) is 0.308. The second kappa shape index (κ2) is 6.55. The minimum absolute atomic E-state index is 0.249. The van der Waals surface area contributed by atoms with E-state index in [1.807, 2.05) is 6.07 Å². The third kappa shape index (κ3) is 3.71. The summed E-state index contributed by atoms with van der Waals surface area (Å²) < 4.78 is 11.7. The molecule has 1 atom stereocenters. The lowest BCUT2D eigenvalue weighted by molar-refractivity contribution is -0.146. The largest absolute Gasteiger partial charge is 0.467 e. The van der Waals surface area contributed by atoms with Gasteiger partial charge in [-0.2, -0.15) is 5.10 Å². The monoisotopic (exact) mass is 277 g/mol. The van der Waals surface area contributed by atoms with Crippen molar-refractivity contribution < 1.29 is 18.7 Å². The van der Waals surface area contributed by atoms with Gasteiger partial charge in [0.1, 0.15) is 11.8 Å². The molecule has 0 saturated carbocycles. The molecule has 106 valence electrons. The van der Waals surface area contributed by atoms with E-state index in [4.69, 9.17) is 4.42 Å². The topological polar surface area (TPSA) is 86.4 Å². The molecule has 2 heterocycles. The number of carbonyl (C=O) groups is 2. The number of carbonyl (C=O) groups excluding carboxylic acids is 2. The Morgan fingerprint density at radius 1 is 1.50 bits per heavy atom. The number of nitrogens with one attached hydrogen (secondary N) is 1. The van der Waals surface area contributed by atoms with Crippen molar-refractivity contribution in [2.75, 3.05) is 13.2 Å². The van der Waals surface area contributed by atoms with Crippen LogP contribution in [0.15, 0.2) is 41.3 Å². The van der Waals surface area contributed by atoms with Gasteiger partial charge in [-0.15, -0.1) is 0 Å². The van der Waals surface area contributed by atoms with E-state index in [0.29, 0.717) is 5.76 Å². The summed E-state index contributed by atoms with van der Waals surface area (Å²) in [6.45, 7) is 1.25. The Balaban J connectivity index is 1.96. The van der Waals surface area contributed by atoms with E-state index in [1.54, 1.807) is 35.5 Å². The summed E-state index contributed by atoms with van der Waals surface area (Å²) in [4.78, 5) is 22.2. The average Bonchev–Trinajstić information content (AvgIpc) is 3.09. The Hall–Kier alpha value is -2.57. The highest BCUT2D eigenvalue weighted by Crippen LogP contribution is 2.16. The maximum atomic E-state index is 11.5. The Kier molecular flexibility index (Phi) is 4.54. The zero-order chi connectivity index (χ0) is 14.4. The van der Waals surface area contributed by atoms with Crippen molar-refractivity contribution in [1.82, 2.24) is 15.1 Å². The van der Waals surface area contributed by atoms with Gasteiger partial charge in [-0.25, -0.2) is 0 Å². The van der Waals surface area contributed by atoms with Gasteiger partial charge in [0.2, 0.25) is 0 Å². The Bertz CT molecular complexity index is 514. The van der Waals surface area contributed by atoms with Crippen LogP contribution in [-0.4, -0.2) is 34.8 Å². The van der Waals surface area contributed by atoms with Crippen molar-refractivity contribution in [3.8, 4) is 0 Å². The Labute approximate surface area is 115 Å². The number of amides is 1. The second-order valence-corrected chi connectivity index (χ2v) is 4.10. The summed E-state index contributed by atoms with van der Waals surface area (Å²) in [6, 6.07) is 5.12. The van der Waals surface area contributed by atoms with E-state index in [0.717, 1.165) is 0 Å². The zero-order valence-corrected chi connectivity index (χ0v) is 11.0. The predicted molar refractivity (Wildman–Crippen MR) is 68.7 cm³/mol. The molecule has 0 radical (unpaired) electrons. The van der Waals surface area contributed by atoms with Crippen LogP contribution >= 0.6 is 0 Å². The van der Waals surface area contributed by atoms with E-state index < -0.39 is 5.97 Å². The summed E-state index contributed by atoms with van der Waals surface area (Å²) >= 11 is 0. The molecule has 0 aromatic carbocycles. The van der Waals surface area contributed by atoms with Gasteiger partial charge in [-0.1, -0.05) is 0 Å². The molecule has 2 rings (SSSR count). The molecular formula is C13H15N3O4. The Morgan fingerprint density at radius 3 is 2.95 bits per heavy atom. The van der Waals surface area contributed by atoms with Crippen LogP contribution in [0.2, 0.25) is 0 Å².